The van der Waals surface area contributed by atoms with Crippen molar-refractivity contribution in [1.82, 2.24) is 5.32 Å². The SMILES string of the molecule is Cc1cc2c(cc1F)Oc1ccccc1[C@@H]1C(NC(=O)C(F)(F)F)CCCN21. The zero-order valence-electron chi connectivity index (χ0n) is 15.0. The second kappa shape index (κ2) is 6.68. The molecule has 0 bridgehead atoms. The van der Waals surface area contributed by atoms with Crippen LogP contribution < -0.4 is 15.0 Å². The molecule has 28 heavy (non-hydrogen) atoms. The highest BCUT2D eigenvalue weighted by Gasteiger charge is 2.44. The third kappa shape index (κ3) is 3.16. The average Bonchev–Trinajstić information content (AvgIpc) is 2.77. The number of rotatable bonds is 1. The monoisotopic (exact) mass is 394 g/mol. The second-order valence-electron chi connectivity index (χ2n) is 7.07. The van der Waals surface area contributed by atoms with Gasteiger partial charge in [-0.15, -0.1) is 0 Å². The summed E-state index contributed by atoms with van der Waals surface area (Å²) in [6.07, 6.45) is -3.98. The number of benzene rings is 2. The summed E-state index contributed by atoms with van der Waals surface area (Å²) in [4.78, 5) is 13.5. The van der Waals surface area contributed by atoms with E-state index in [9.17, 15) is 22.4 Å². The first kappa shape index (κ1) is 18.6. The quantitative estimate of drug-likeness (QED) is 0.718. The van der Waals surface area contributed by atoms with E-state index in [4.69, 9.17) is 4.74 Å². The number of ether oxygens (including phenoxy) is 1. The lowest BCUT2D eigenvalue weighted by Gasteiger charge is -2.42. The van der Waals surface area contributed by atoms with Crippen LogP contribution in [-0.2, 0) is 4.79 Å². The molecule has 2 aliphatic rings. The van der Waals surface area contributed by atoms with Gasteiger partial charge in [-0.05, 0) is 37.5 Å². The van der Waals surface area contributed by atoms with Gasteiger partial charge in [0.2, 0.25) is 0 Å². The lowest BCUT2D eigenvalue weighted by atomic mass is 9.89. The Morgan fingerprint density at radius 1 is 1.21 bits per heavy atom. The number of aryl methyl sites for hydroxylation is 1. The van der Waals surface area contributed by atoms with Crippen LogP contribution in [0.15, 0.2) is 36.4 Å². The largest absolute Gasteiger partial charge is 0.471 e. The maximum atomic E-state index is 14.1. The van der Waals surface area contributed by atoms with Crippen LogP contribution in [0.4, 0.5) is 23.2 Å². The summed E-state index contributed by atoms with van der Waals surface area (Å²) in [5.74, 6) is -1.64. The summed E-state index contributed by atoms with van der Waals surface area (Å²) in [5.41, 5.74) is 1.67. The second-order valence-corrected chi connectivity index (χ2v) is 7.07. The van der Waals surface area contributed by atoms with Gasteiger partial charge >= 0.3 is 12.1 Å². The number of nitrogens with one attached hydrogen (secondary N) is 1. The fraction of sp³-hybridized carbons (Fsp3) is 0.350. The van der Waals surface area contributed by atoms with Crippen LogP contribution in [0.3, 0.4) is 0 Å². The smallest absolute Gasteiger partial charge is 0.455 e. The number of anilines is 1. The van der Waals surface area contributed by atoms with Gasteiger partial charge in [0.05, 0.1) is 17.8 Å². The van der Waals surface area contributed by atoms with Gasteiger partial charge in [0.25, 0.3) is 0 Å². The van der Waals surface area contributed by atoms with Crippen molar-refractivity contribution >= 4 is 11.6 Å². The number of halogens is 4. The van der Waals surface area contributed by atoms with Gasteiger partial charge in [0, 0.05) is 18.2 Å². The van der Waals surface area contributed by atoms with E-state index in [0.717, 1.165) is 0 Å². The Bertz CT molecular complexity index is 929. The van der Waals surface area contributed by atoms with E-state index in [2.05, 4.69) is 5.32 Å². The molecule has 2 atom stereocenters. The number of nitrogens with zero attached hydrogens (tertiary/aromatic N) is 1. The highest BCUT2D eigenvalue weighted by molar-refractivity contribution is 5.82. The molecule has 0 radical (unpaired) electrons. The number of alkyl halides is 3. The molecule has 0 aromatic heterocycles. The van der Waals surface area contributed by atoms with E-state index >= 15 is 0 Å². The van der Waals surface area contributed by atoms with Crippen molar-refractivity contribution in [3.63, 3.8) is 0 Å². The Labute approximate surface area is 159 Å². The zero-order valence-corrected chi connectivity index (χ0v) is 15.0. The molecule has 1 amide bonds. The molecule has 2 aliphatic heterocycles. The summed E-state index contributed by atoms with van der Waals surface area (Å²) in [6, 6.07) is 8.58. The van der Waals surface area contributed by atoms with Gasteiger partial charge in [-0.3, -0.25) is 4.79 Å². The van der Waals surface area contributed by atoms with Crippen molar-refractivity contribution in [1.29, 1.82) is 0 Å². The molecule has 0 aliphatic carbocycles. The van der Waals surface area contributed by atoms with E-state index in [0.29, 0.717) is 47.7 Å². The van der Waals surface area contributed by atoms with Crippen molar-refractivity contribution in [2.75, 3.05) is 11.4 Å². The third-order valence-corrected chi connectivity index (χ3v) is 5.21. The fourth-order valence-corrected chi connectivity index (χ4v) is 3.94. The predicted molar refractivity (Wildman–Crippen MR) is 95.0 cm³/mol. The van der Waals surface area contributed by atoms with Gasteiger partial charge in [-0.25, -0.2) is 4.39 Å². The minimum absolute atomic E-state index is 0.306. The summed E-state index contributed by atoms with van der Waals surface area (Å²) in [7, 11) is 0. The molecule has 148 valence electrons. The Kier molecular flexibility index (Phi) is 4.44. The molecular weight excluding hydrogens is 376 g/mol. The Morgan fingerprint density at radius 3 is 2.71 bits per heavy atom. The number of fused-ring (bicyclic) bond motifs is 5. The van der Waals surface area contributed by atoms with Crippen LogP contribution in [-0.4, -0.2) is 24.7 Å². The van der Waals surface area contributed by atoms with E-state index in [1.54, 1.807) is 37.3 Å². The van der Waals surface area contributed by atoms with Gasteiger partial charge in [-0.2, -0.15) is 13.2 Å². The van der Waals surface area contributed by atoms with Crippen molar-refractivity contribution in [2.24, 2.45) is 0 Å². The number of amides is 1. The molecule has 4 nitrogen and oxygen atoms in total. The highest BCUT2D eigenvalue weighted by Crippen LogP contribution is 2.48. The van der Waals surface area contributed by atoms with Crippen LogP contribution >= 0.6 is 0 Å². The highest BCUT2D eigenvalue weighted by atomic mass is 19.4. The van der Waals surface area contributed by atoms with E-state index in [1.807, 2.05) is 4.90 Å². The van der Waals surface area contributed by atoms with Crippen LogP contribution in [0.1, 0.15) is 30.0 Å². The maximum Gasteiger partial charge on any atom is 0.471 e. The summed E-state index contributed by atoms with van der Waals surface area (Å²) >= 11 is 0. The van der Waals surface area contributed by atoms with Crippen molar-refractivity contribution < 1.29 is 27.1 Å². The predicted octanol–water partition coefficient (Wildman–Crippen LogP) is 4.63. The number of piperidine rings is 1. The topological polar surface area (TPSA) is 41.6 Å². The molecule has 2 aromatic carbocycles. The standard InChI is InChI=1S/C20H18F4N2O2/c1-11-9-15-17(10-13(11)21)28-16-7-3-2-5-12(16)18-14(6-4-8-26(15)18)25-19(27)20(22,23)24/h2-3,5,7,9-10,14,18H,4,6,8H2,1H3,(H,25,27)/t14?,18-/m1/s1. The number of hydrogen-bond acceptors (Lipinski definition) is 3. The van der Waals surface area contributed by atoms with Crippen LogP contribution in [0.25, 0.3) is 0 Å². The van der Waals surface area contributed by atoms with Crippen molar-refractivity contribution in [3.05, 3.63) is 53.3 Å². The van der Waals surface area contributed by atoms with Crippen molar-refractivity contribution in [2.45, 2.75) is 38.0 Å². The minimum atomic E-state index is -4.96. The molecule has 8 heteroatoms. The molecule has 0 spiro atoms. The van der Waals surface area contributed by atoms with E-state index in [1.165, 1.54) is 6.07 Å². The van der Waals surface area contributed by atoms with Gasteiger partial charge in [0.1, 0.15) is 11.6 Å². The molecule has 1 saturated heterocycles. The molecule has 1 unspecified atom stereocenters. The fourth-order valence-electron chi connectivity index (χ4n) is 3.94. The molecule has 0 saturated carbocycles. The first-order valence-electron chi connectivity index (χ1n) is 8.97. The van der Waals surface area contributed by atoms with Crippen LogP contribution in [0.5, 0.6) is 11.5 Å². The minimum Gasteiger partial charge on any atom is -0.455 e. The summed E-state index contributed by atoms with van der Waals surface area (Å²) in [6.45, 7) is 2.17. The van der Waals surface area contributed by atoms with E-state index in [-0.39, 0.29) is 0 Å². The maximum absolute atomic E-state index is 14.1. The lowest BCUT2D eigenvalue weighted by Crippen LogP contribution is -2.52. The number of carbonyl (C=O) groups excluding carboxylic acids is 1. The van der Waals surface area contributed by atoms with Crippen LogP contribution in [0, 0.1) is 12.7 Å². The molecular formula is C20H18F4N2O2. The molecule has 1 fully saturated rings. The summed E-state index contributed by atoms with van der Waals surface area (Å²) < 4.78 is 58.6. The third-order valence-electron chi connectivity index (χ3n) is 5.21. The first-order chi connectivity index (χ1) is 13.3. The number of hydrogen-bond donors (Lipinski definition) is 1. The lowest BCUT2D eigenvalue weighted by molar-refractivity contribution is -0.174. The molecule has 1 N–H and O–H groups in total. The van der Waals surface area contributed by atoms with Gasteiger partial charge < -0.3 is 15.0 Å². The number of carbonyl (C=O) groups is 1. The zero-order chi connectivity index (χ0) is 20.1. The van der Waals surface area contributed by atoms with Gasteiger partial charge in [0.15, 0.2) is 5.75 Å². The Morgan fingerprint density at radius 2 is 1.96 bits per heavy atom. The molecule has 2 heterocycles. The van der Waals surface area contributed by atoms with Crippen LogP contribution in [0.2, 0.25) is 0 Å². The average molecular weight is 394 g/mol. The normalized spacial score (nSPS) is 21.0. The Balaban J connectivity index is 1.83. The van der Waals surface area contributed by atoms with Gasteiger partial charge in [-0.1, -0.05) is 18.2 Å². The first-order valence-corrected chi connectivity index (χ1v) is 8.97. The Hall–Kier alpha value is -2.77. The molecule has 2 aromatic rings. The van der Waals surface area contributed by atoms with E-state index < -0.39 is 30.0 Å². The van der Waals surface area contributed by atoms with Crippen molar-refractivity contribution in [3.8, 4) is 11.5 Å². The summed E-state index contributed by atoms with van der Waals surface area (Å²) in [5, 5.41) is 2.15. The number of para-hydroxylation sites is 1. The molecule has 4 rings (SSSR count).